The van der Waals surface area contributed by atoms with Crippen LogP contribution >= 0.6 is 0 Å². The van der Waals surface area contributed by atoms with Crippen molar-refractivity contribution in [2.75, 3.05) is 0 Å². The van der Waals surface area contributed by atoms with E-state index in [-0.39, 0.29) is 37.9 Å². The van der Waals surface area contributed by atoms with Crippen LogP contribution in [0.5, 0.6) is 5.75 Å². The minimum absolute atomic E-state index is 0. The van der Waals surface area contributed by atoms with Gasteiger partial charge in [-0.05, 0) is 122 Å². The minimum Gasteiger partial charge on any atom is -0.507 e. The van der Waals surface area contributed by atoms with E-state index in [0.29, 0.717) is 89.4 Å². The second-order valence-electron chi connectivity index (χ2n) is 20.1. The largest absolute Gasteiger partial charge is 0.507 e. The van der Waals surface area contributed by atoms with E-state index in [1.54, 1.807) is 56.7 Å². The third-order valence-corrected chi connectivity index (χ3v) is 12.4. The molecular weight excluding hydrogens is 998 g/mol. The first-order chi connectivity index (χ1) is 36.5. The molecule has 0 saturated carbocycles. The van der Waals surface area contributed by atoms with E-state index in [1.807, 2.05) is 100 Å². The van der Waals surface area contributed by atoms with E-state index in [2.05, 4.69) is 26.8 Å². The Labute approximate surface area is 434 Å². The molecule has 0 saturated heterocycles. The van der Waals surface area contributed by atoms with Crippen molar-refractivity contribution in [3.8, 4) is 67.5 Å². The molecule has 0 aliphatic carbocycles. The Kier molecular flexibility index (Phi) is 9.34. The van der Waals surface area contributed by atoms with Crippen LogP contribution in [0.15, 0.2) is 121 Å². The predicted octanol–water partition coefficient (Wildman–Crippen LogP) is 17.0. The minimum atomic E-state index is -3.41. The Morgan fingerprint density at radius 2 is 1.30 bits per heavy atom. The molecule has 6 aromatic carbocycles. The van der Waals surface area contributed by atoms with Crippen molar-refractivity contribution in [2.24, 2.45) is 0 Å². The van der Waals surface area contributed by atoms with Crippen molar-refractivity contribution >= 4 is 11.0 Å². The van der Waals surface area contributed by atoms with Gasteiger partial charge in [0, 0.05) is 57.7 Å². The number of hydrogen-bond acceptors (Lipinski definition) is 3. The molecule has 0 fully saturated rings. The maximum atomic E-state index is 12.4. The number of hydrogen-bond donors (Lipinski definition) is 1. The maximum absolute atomic E-state index is 12.4. The van der Waals surface area contributed by atoms with Crippen molar-refractivity contribution in [3.63, 3.8) is 0 Å². The average molecular weight is 1080 g/mol. The summed E-state index contributed by atoms with van der Waals surface area (Å²) in [6, 6.07) is 37.1. The fraction of sp³-hybridized carbons (Fsp3) is 0.323. The van der Waals surface area contributed by atoms with Gasteiger partial charge in [0.1, 0.15) is 11.6 Å². The molecule has 2 aromatic heterocycles. The molecule has 67 heavy (non-hydrogen) atoms. The van der Waals surface area contributed by atoms with E-state index < -0.39 is 55.4 Å². The fourth-order valence-electron chi connectivity index (χ4n) is 8.50. The van der Waals surface area contributed by atoms with Gasteiger partial charge in [-0.3, -0.25) is 9.55 Å². The van der Waals surface area contributed by atoms with Gasteiger partial charge in [-0.25, -0.2) is 4.98 Å². The monoisotopic (exact) mass is 1080 g/mol. The second-order valence-corrected chi connectivity index (χ2v) is 20.1. The molecule has 0 bridgehead atoms. The molecule has 1 N–H and O–H groups in total. The summed E-state index contributed by atoms with van der Waals surface area (Å²) in [4.78, 5) is 10.2. The Morgan fingerprint density at radius 3 is 1.93 bits per heavy atom. The summed E-state index contributed by atoms with van der Waals surface area (Å²) in [6.07, 6.45) is 1.61. The number of aromatic hydroxyl groups is 1. The van der Waals surface area contributed by atoms with Crippen LogP contribution in [0.1, 0.15) is 160 Å². The Balaban J connectivity index is 0.00000946. The van der Waals surface area contributed by atoms with Crippen LogP contribution in [0, 0.1) is 19.8 Å². The smallest absolute Gasteiger partial charge is 0.148 e. The number of rotatable bonds is 8. The molecule has 0 atom stereocenters. The SMILES string of the molecule is [2H]C([2H])([2H])c1cc(-c2cc(C([2H])(C)C)cc(C([2H])(C)C)c2)ccc1-n1c(-c2cc(C)cc(C(C)(C)C)c2O)nc2c(-c3[c-]c(-c4cc(-c5ccc(C(C([2H])([2H])[2H])(C([2H])([2H])[2H])C([2H])([2H])[2H])cc5)ccn4)cc(C(C)(C)C)c3)cccc21.[Pt]. The average Bonchev–Trinajstić information content (AvgIpc) is 3.77. The summed E-state index contributed by atoms with van der Waals surface area (Å²) in [7, 11) is 0. The van der Waals surface area contributed by atoms with Crippen molar-refractivity contribution in [1.82, 2.24) is 14.5 Å². The summed E-state index contributed by atoms with van der Waals surface area (Å²) >= 11 is 0. The summed E-state index contributed by atoms with van der Waals surface area (Å²) < 4.78 is 121. The summed E-state index contributed by atoms with van der Waals surface area (Å²) in [5.74, 6) is -1.72. The van der Waals surface area contributed by atoms with Crippen molar-refractivity contribution in [2.45, 2.75) is 132 Å². The number of nitrogens with zero attached hydrogens (tertiary/aromatic N) is 3. The molecule has 0 unspecified atom stereocenters. The van der Waals surface area contributed by atoms with Gasteiger partial charge in [0.15, 0.2) is 0 Å². The summed E-state index contributed by atoms with van der Waals surface area (Å²) in [5, 5.41) is 12.4. The van der Waals surface area contributed by atoms with E-state index >= 15 is 0 Å². The van der Waals surface area contributed by atoms with Gasteiger partial charge in [0.25, 0.3) is 0 Å². The zero-order valence-electron chi connectivity index (χ0n) is 54.2. The van der Waals surface area contributed by atoms with Crippen LogP contribution in [0.2, 0.25) is 0 Å². The molecule has 0 aliphatic rings. The van der Waals surface area contributed by atoms with Crippen molar-refractivity contribution in [3.05, 3.63) is 166 Å². The van der Waals surface area contributed by atoms with Gasteiger partial charge in [-0.15, -0.1) is 29.3 Å². The zero-order valence-corrected chi connectivity index (χ0v) is 42.4. The predicted molar refractivity (Wildman–Crippen MR) is 280 cm³/mol. The van der Waals surface area contributed by atoms with Crippen molar-refractivity contribution in [1.29, 1.82) is 0 Å². The molecule has 348 valence electrons. The summed E-state index contributed by atoms with van der Waals surface area (Å²) in [6.45, 7) is 8.44. The Bertz CT molecular complexity index is 3610. The number of aryl methyl sites for hydroxylation is 2. The number of phenolic OH excluding ortho intramolecular Hbond substituents is 1. The number of imidazole rings is 1. The first-order valence-electron chi connectivity index (χ1n) is 29.4. The van der Waals surface area contributed by atoms with Crippen LogP contribution < -0.4 is 0 Å². The number of para-hydroxylation sites is 1. The Morgan fingerprint density at radius 1 is 0.642 bits per heavy atom. The van der Waals surface area contributed by atoms with Gasteiger partial charge >= 0.3 is 0 Å². The van der Waals surface area contributed by atoms with Gasteiger partial charge in [0.05, 0.1) is 22.3 Å². The van der Waals surface area contributed by atoms with E-state index in [9.17, 15) is 5.11 Å². The number of pyridine rings is 1. The first kappa shape index (κ1) is 33.8. The van der Waals surface area contributed by atoms with Crippen LogP contribution in [-0.2, 0) is 37.3 Å². The van der Waals surface area contributed by atoms with Crippen LogP contribution in [0.4, 0.5) is 0 Å². The standard InChI is InChI=1S/C62H68N3O.Pt/c1-37(2)44-30-45(38(3)4)32-46(31-44)42-21-24-55(40(6)29-42)65-56-18-16-17-51(57(56)64-59(65)52-27-39(5)28-53(58(52)66)62(13,14)15)47-33-48(35-50(34-47)61(10,11)12)54-36-43(25-26-63-54)41-19-22-49(23-20-41)60(7,8)9;/h16-32,34-38,66H,1-15H3;/q-1;/i6D3,7D3,8D3,9D3,37D,38D;. The summed E-state index contributed by atoms with van der Waals surface area (Å²) in [5.41, 5.74) is 6.01. The maximum Gasteiger partial charge on any atom is 0.148 e. The quantitative estimate of drug-likeness (QED) is 0.154. The molecule has 2 heterocycles. The number of phenols is 1. The van der Waals surface area contributed by atoms with Gasteiger partial charge in [-0.2, -0.15) is 0 Å². The van der Waals surface area contributed by atoms with Crippen LogP contribution in [-0.4, -0.2) is 19.6 Å². The first-order valence-corrected chi connectivity index (χ1v) is 22.4. The molecule has 4 nitrogen and oxygen atoms in total. The molecule has 8 rings (SSSR count). The molecular formula is C62H68N3OPt-. The third-order valence-electron chi connectivity index (χ3n) is 12.4. The number of aromatic nitrogens is 3. The van der Waals surface area contributed by atoms with E-state index in [0.717, 1.165) is 11.1 Å². The van der Waals surface area contributed by atoms with Crippen molar-refractivity contribution < 1.29 is 45.4 Å². The van der Waals surface area contributed by atoms with E-state index in [1.165, 1.54) is 24.3 Å². The van der Waals surface area contributed by atoms with E-state index in [4.69, 9.17) is 29.2 Å². The topological polar surface area (TPSA) is 50.9 Å². The molecule has 0 radical (unpaired) electrons. The zero-order chi connectivity index (χ0) is 59.5. The molecule has 5 heteroatoms. The van der Waals surface area contributed by atoms with Gasteiger partial charge in [0.2, 0.25) is 0 Å². The molecule has 0 amide bonds. The number of benzene rings is 6. The second kappa shape index (κ2) is 18.5. The third kappa shape index (κ3) is 10.0. The van der Waals surface area contributed by atoms with Gasteiger partial charge in [-0.1, -0.05) is 174 Å². The number of fused-ring (bicyclic) bond motifs is 1. The van der Waals surface area contributed by atoms with Crippen LogP contribution in [0.25, 0.3) is 72.7 Å². The molecule has 0 aliphatic heterocycles. The molecule has 0 spiro atoms. The van der Waals surface area contributed by atoms with Crippen LogP contribution in [0.3, 0.4) is 0 Å². The molecule has 8 aromatic rings. The Hall–Kier alpha value is -5.57. The fourth-order valence-corrected chi connectivity index (χ4v) is 8.50. The van der Waals surface area contributed by atoms with Gasteiger partial charge < -0.3 is 5.11 Å². The normalized spacial score (nSPS) is 16.5.